The molecule has 7 heteroatoms. The molecular formula is C16H19BrN6. The maximum absolute atomic E-state index is 4.53. The minimum atomic E-state index is 0.592. The molecule has 2 aromatic heterocycles. The van der Waals surface area contributed by atoms with Gasteiger partial charge in [0.2, 0.25) is 4.73 Å². The van der Waals surface area contributed by atoms with Crippen molar-refractivity contribution in [3.63, 3.8) is 0 Å². The highest BCUT2D eigenvalue weighted by Crippen LogP contribution is 2.22. The van der Waals surface area contributed by atoms with Crippen LogP contribution in [0.3, 0.4) is 0 Å². The lowest BCUT2D eigenvalue weighted by Gasteiger charge is -2.10. The molecule has 1 aromatic carbocycles. The van der Waals surface area contributed by atoms with Gasteiger partial charge in [0.05, 0.1) is 29.8 Å². The van der Waals surface area contributed by atoms with Crippen molar-refractivity contribution in [1.29, 1.82) is 0 Å². The standard InChI is InChI=1S/C16H19BrN6/c1-10-5-6-11(2)14(7-10)23-12(3)13(8-19-23)18-9-15-20-16(17)21-22(15)4/h5-8,18H,9H2,1-4H3. The molecule has 0 spiro atoms. The molecule has 120 valence electrons. The van der Waals surface area contributed by atoms with Gasteiger partial charge in [0.25, 0.3) is 0 Å². The summed E-state index contributed by atoms with van der Waals surface area (Å²) in [4.78, 5) is 4.32. The zero-order valence-corrected chi connectivity index (χ0v) is 15.2. The van der Waals surface area contributed by atoms with Crippen molar-refractivity contribution >= 4 is 21.6 Å². The molecule has 0 fully saturated rings. The summed E-state index contributed by atoms with van der Waals surface area (Å²) < 4.78 is 4.32. The van der Waals surface area contributed by atoms with Crippen LogP contribution >= 0.6 is 15.9 Å². The van der Waals surface area contributed by atoms with Gasteiger partial charge in [-0.25, -0.2) is 9.67 Å². The first-order valence-corrected chi connectivity index (χ1v) is 8.16. The largest absolute Gasteiger partial charge is 0.375 e. The first-order valence-electron chi connectivity index (χ1n) is 7.37. The molecule has 1 N–H and O–H groups in total. The number of hydrogen-bond acceptors (Lipinski definition) is 4. The van der Waals surface area contributed by atoms with E-state index < -0.39 is 0 Å². The zero-order chi connectivity index (χ0) is 16.6. The summed E-state index contributed by atoms with van der Waals surface area (Å²) in [5.41, 5.74) is 5.59. The van der Waals surface area contributed by atoms with Crippen LogP contribution in [-0.2, 0) is 13.6 Å². The quantitative estimate of drug-likeness (QED) is 0.760. The fraction of sp³-hybridized carbons (Fsp3) is 0.312. The third-order valence-electron chi connectivity index (χ3n) is 3.87. The summed E-state index contributed by atoms with van der Waals surface area (Å²) in [6, 6.07) is 6.39. The molecule has 0 bridgehead atoms. The number of aromatic nitrogens is 5. The average molecular weight is 375 g/mol. The molecule has 2 heterocycles. The van der Waals surface area contributed by atoms with Crippen molar-refractivity contribution in [2.24, 2.45) is 7.05 Å². The van der Waals surface area contributed by atoms with Crippen LogP contribution in [0.4, 0.5) is 5.69 Å². The van der Waals surface area contributed by atoms with Gasteiger partial charge in [-0.3, -0.25) is 4.68 Å². The second-order valence-corrected chi connectivity index (χ2v) is 6.33. The van der Waals surface area contributed by atoms with Crippen molar-refractivity contribution in [2.45, 2.75) is 27.3 Å². The summed E-state index contributed by atoms with van der Waals surface area (Å²) in [6.07, 6.45) is 1.85. The van der Waals surface area contributed by atoms with Crippen LogP contribution in [0.25, 0.3) is 5.69 Å². The highest BCUT2D eigenvalue weighted by Gasteiger charge is 2.11. The van der Waals surface area contributed by atoms with E-state index in [-0.39, 0.29) is 0 Å². The molecule has 0 aliphatic heterocycles. The van der Waals surface area contributed by atoms with E-state index in [1.54, 1.807) is 4.68 Å². The normalized spacial score (nSPS) is 11.0. The Balaban J connectivity index is 1.85. The van der Waals surface area contributed by atoms with Gasteiger partial charge in [-0.1, -0.05) is 12.1 Å². The summed E-state index contributed by atoms with van der Waals surface area (Å²) in [5, 5.41) is 12.1. The molecule has 23 heavy (non-hydrogen) atoms. The number of rotatable bonds is 4. The van der Waals surface area contributed by atoms with Gasteiger partial charge in [0.1, 0.15) is 5.82 Å². The number of benzene rings is 1. The molecule has 3 aromatic rings. The molecule has 0 aliphatic rings. The number of hydrogen-bond donors (Lipinski definition) is 1. The SMILES string of the molecule is Cc1ccc(C)c(-n2ncc(NCc3nc(Br)nn3C)c2C)c1. The van der Waals surface area contributed by atoms with Crippen molar-refractivity contribution in [3.05, 3.63) is 51.8 Å². The smallest absolute Gasteiger partial charge is 0.217 e. The number of nitrogens with one attached hydrogen (secondary N) is 1. The van der Waals surface area contributed by atoms with Crippen LogP contribution < -0.4 is 5.32 Å². The van der Waals surface area contributed by atoms with Crippen LogP contribution in [0, 0.1) is 20.8 Å². The van der Waals surface area contributed by atoms with Crippen molar-refractivity contribution in [1.82, 2.24) is 24.5 Å². The Kier molecular flexibility index (Phi) is 4.21. The lowest BCUT2D eigenvalue weighted by atomic mass is 10.1. The molecule has 6 nitrogen and oxygen atoms in total. The average Bonchev–Trinajstić information content (AvgIpc) is 3.02. The van der Waals surface area contributed by atoms with Gasteiger partial charge in [0, 0.05) is 7.05 Å². The number of anilines is 1. The van der Waals surface area contributed by atoms with Gasteiger partial charge in [-0.05, 0) is 53.9 Å². The van der Waals surface area contributed by atoms with E-state index in [1.165, 1.54) is 11.1 Å². The predicted octanol–water partition coefficient (Wildman–Crippen LogP) is 3.30. The van der Waals surface area contributed by atoms with Crippen LogP contribution in [0.5, 0.6) is 0 Å². The Morgan fingerprint density at radius 2 is 2.00 bits per heavy atom. The highest BCUT2D eigenvalue weighted by atomic mass is 79.9. The molecular weight excluding hydrogens is 356 g/mol. The first-order chi connectivity index (χ1) is 11.0. The Bertz CT molecular complexity index is 848. The Labute approximate surface area is 143 Å². The van der Waals surface area contributed by atoms with Gasteiger partial charge >= 0.3 is 0 Å². The monoisotopic (exact) mass is 374 g/mol. The van der Waals surface area contributed by atoms with Gasteiger partial charge in [-0.15, -0.1) is 5.10 Å². The van der Waals surface area contributed by atoms with Crippen LogP contribution in [0.1, 0.15) is 22.6 Å². The first kappa shape index (κ1) is 15.7. The van der Waals surface area contributed by atoms with Crippen molar-refractivity contribution in [2.75, 3.05) is 5.32 Å². The highest BCUT2D eigenvalue weighted by molar-refractivity contribution is 9.10. The molecule has 0 amide bonds. The van der Waals surface area contributed by atoms with E-state index in [1.807, 2.05) is 17.9 Å². The lowest BCUT2D eigenvalue weighted by molar-refractivity contribution is 0.709. The van der Waals surface area contributed by atoms with Crippen LogP contribution in [-0.4, -0.2) is 24.5 Å². The minimum Gasteiger partial charge on any atom is -0.375 e. The van der Waals surface area contributed by atoms with E-state index in [0.717, 1.165) is 22.9 Å². The summed E-state index contributed by atoms with van der Waals surface area (Å²) in [6.45, 7) is 6.84. The molecule has 0 atom stereocenters. The van der Waals surface area contributed by atoms with E-state index in [4.69, 9.17) is 0 Å². The van der Waals surface area contributed by atoms with Gasteiger partial charge in [-0.2, -0.15) is 5.10 Å². The van der Waals surface area contributed by atoms with Gasteiger partial charge in [0.15, 0.2) is 0 Å². The van der Waals surface area contributed by atoms with Gasteiger partial charge < -0.3 is 5.32 Å². The van der Waals surface area contributed by atoms with Crippen molar-refractivity contribution in [3.8, 4) is 5.69 Å². The summed E-state index contributed by atoms with van der Waals surface area (Å²) in [5.74, 6) is 0.857. The Morgan fingerprint density at radius 3 is 2.70 bits per heavy atom. The Morgan fingerprint density at radius 1 is 1.22 bits per heavy atom. The minimum absolute atomic E-state index is 0.592. The fourth-order valence-corrected chi connectivity index (χ4v) is 2.93. The van der Waals surface area contributed by atoms with Crippen LogP contribution in [0.2, 0.25) is 0 Å². The second-order valence-electron chi connectivity index (χ2n) is 5.62. The Hall–Kier alpha value is -2.15. The van der Waals surface area contributed by atoms with E-state index in [0.29, 0.717) is 11.3 Å². The van der Waals surface area contributed by atoms with Crippen molar-refractivity contribution < 1.29 is 0 Å². The van der Waals surface area contributed by atoms with Crippen LogP contribution in [0.15, 0.2) is 29.1 Å². The molecule has 0 unspecified atom stereocenters. The molecule has 0 saturated heterocycles. The molecule has 0 aliphatic carbocycles. The topological polar surface area (TPSA) is 60.6 Å². The predicted molar refractivity (Wildman–Crippen MR) is 93.8 cm³/mol. The molecule has 0 saturated carbocycles. The fourth-order valence-electron chi connectivity index (χ4n) is 2.48. The summed E-state index contributed by atoms with van der Waals surface area (Å²) >= 11 is 3.29. The number of aryl methyl sites for hydroxylation is 3. The molecule has 0 radical (unpaired) electrons. The third-order valence-corrected chi connectivity index (χ3v) is 4.20. The third kappa shape index (κ3) is 3.14. The lowest BCUT2D eigenvalue weighted by Crippen LogP contribution is -2.08. The summed E-state index contributed by atoms with van der Waals surface area (Å²) in [7, 11) is 1.88. The van der Waals surface area contributed by atoms with E-state index >= 15 is 0 Å². The maximum Gasteiger partial charge on any atom is 0.217 e. The second kappa shape index (κ2) is 6.16. The number of nitrogens with zero attached hydrogens (tertiary/aromatic N) is 5. The van der Waals surface area contributed by atoms with E-state index in [9.17, 15) is 0 Å². The molecule has 3 rings (SSSR count). The van der Waals surface area contributed by atoms with E-state index in [2.05, 4.69) is 75.4 Å². The number of halogens is 1. The zero-order valence-electron chi connectivity index (χ0n) is 13.6. The maximum atomic E-state index is 4.53.